The summed E-state index contributed by atoms with van der Waals surface area (Å²) in [6.45, 7) is 3.87. The molecule has 2 aromatic rings. The highest BCUT2D eigenvalue weighted by molar-refractivity contribution is 7.15. The molecule has 0 aliphatic heterocycles. The van der Waals surface area contributed by atoms with Gasteiger partial charge in [-0.1, -0.05) is 35.6 Å². The standard InChI is InChI=1S/C23H26N4O3S/c1-13(2)30-20-10-9-14(11-18(20)24)22-26-27-23(31-22)17-7-3-6-16-15(17)5-4-8-19(16)25-12-21(28)29/h3,6-7,9-11,13,19-20,24-25H,4-5,8,12H2,1-2H3,(H,28,29). The Morgan fingerprint density at radius 3 is 2.90 bits per heavy atom. The van der Waals surface area contributed by atoms with Crippen molar-refractivity contribution in [1.29, 1.82) is 5.41 Å². The van der Waals surface area contributed by atoms with E-state index < -0.39 is 5.97 Å². The molecule has 1 heterocycles. The monoisotopic (exact) mass is 438 g/mol. The lowest BCUT2D eigenvalue weighted by Gasteiger charge is -2.27. The molecule has 0 saturated heterocycles. The number of allylic oxidation sites excluding steroid dienone is 2. The molecule has 2 aliphatic rings. The molecule has 0 bridgehead atoms. The number of hydrogen-bond acceptors (Lipinski definition) is 7. The van der Waals surface area contributed by atoms with Crippen LogP contribution in [-0.4, -0.2) is 45.7 Å². The molecule has 3 N–H and O–H groups in total. The highest BCUT2D eigenvalue weighted by Crippen LogP contribution is 2.38. The average molecular weight is 439 g/mol. The summed E-state index contributed by atoms with van der Waals surface area (Å²) >= 11 is 1.51. The maximum Gasteiger partial charge on any atom is 0.317 e. The molecule has 2 atom stereocenters. The van der Waals surface area contributed by atoms with Gasteiger partial charge in [-0.15, -0.1) is 10.2 Å². The SMILES string of the molecule is CC(C)OC1C=CC(c2nnc(-c3cccc4c3CCCC4NCC(=O)O)s2)=CC1=N. The predicted molar refractivity (Wildman–Crippen MR) is 122 cm³/mol. The van der Waals surface area contributed by atoms with Gasteiger partial charge in [0, 0.05) is 17.2 Å². The number of aliphatic carboxylic acids is 1. The molecule has 31 heavy (non-hydrogen) atoms. The fourth-order valence-corrected chi connectivity index (χ4v) is 4.95. The maximum atomic E-state index is 11.0. The van der Waals surface area contributed by atoms with Crippen LogP contribution in [0.1, 0.15) is 48.9 Å². The van der Waals surface area contributed by atoms with E-state index in [1.165, 1.54) is 16.9 Å². The Kier molecular flexibility index (Phi) is 6.41. The molecule has 1 aromatic heterocycles. The number of ether oxygens (including phenoxy) is 1. The molecule has 0 fully saturated rings. The summed E-state index contributed by atoms with van der Waals surface area (Å²) in [5.74, 6) is -0.850. The Bertz CT molecular complexity index is 1060. The molecular formula is C23H26N4O3S. The molecule has 4 rings (SSSR count). The van der Waals surface area contributed by atoms with Crippen LogP contribution < -0.4 is 5.32 Å². The lowest BCUT2D eigenvalue weighted by atomic mass is 9.85. The molecule has 0 amide bonds. The first-order chi connectivity index (χ1) is 14.9. The normalized spacial score (nSPS) is 20.6. The minimum absolute atomic E-state index is 0.0366. The van der Waals surface area contributed by atoms with Crippen molar-refractivity contribution in [2.45, 2.75) is 51.4 Å². The van der Waals surface area contributed by atoms with Crippen LogP contribution in [-0.2, 0) is 16.0 Å². The highest BCUT2D eigenvalue weighted by atomic mass is 32.1. The molecule has 2 unspecified atom stereocenters. The van der Waals surface area contributed by atoms with Gasteiger partial charge in [-0.25, -0.2) is 0 Å². The maximum absolute atomic E-state index is 11.0. The van der Waals surface area contributed by atoms with E-state index in [1.807, 2.05) is 32.1 Å². The van der Waals surface area contributed by atoms with Crippen molar-refractivity contribution in [2.75, 3.05) is 6.54 Å². The van der Waals surface area contributed by atoms with E-state index in [0.29, 0.717) is 5.71 Å². The summed E-state index contributed by atoms with van der Waals surface area (Å²) in [7, 11) is 0. The zero-order valence-electron chi connectivity index (χ0n) is 17.6. The number of nitrogens with zero attached hydrogens (tertiary/aromatic N) is 2. The number of carbonyl (C=O) groups is 1. The van der Waals surface area contributed by atoms with Crippen LogP contribution in [0.5, 0.6) is 0 Å². The Morgan fingerprint density at radius 1 is 1.35 bits per heavy atom. The van der Waals surface area contributed by atoms with Crippen molar-refractivity contribution >= 4 is 28.6 Å². The zero-order chi connectivity index (χ0) is 22.0. The number of carboxylic acids is 1. The second kappa shape index (κ2) is 9.21. The predicted octanol–water partition coefficient (Wildman–Crippen LogP) is 4.02. The van der Waals surface area contributed by atoms with Gasteiger partial charge in [0.15, 0.2) is 0 Å². The molecular weight excluding hydrogens is 412 g/mol. The minimum Gasteiger partial charge on any atom is -0.480 e. The van der Waals surface area contributed by atoms with Gasteiger partial charge in [0.05, 0.1) is 18.4 Å². The third-order valence-corrected chi connectivity index (χ3v) is 6.40. The Hall–Kier alpha value is -2.68. The van der Waals surface area contributed by atoms with Gasteiger partial charge >= 0.3 is 5.97 Å². The molecule has 7 nitrogen and oxygen atoms in total. The van der Waals surface area contributed by atoms with E-state index in [9.17, 15) is 4.79 Å². The third kappa shape index (κ3) is 4.81. The van der Waals surface area contributed by atoms with Gasteiger partial charge in [0.1, 0.15) is 16.1 Å². The molecule has 162 valence electrons. The first kappa shape index (κ1) is 21.5. The molecule has 1 aromatic carbocycles. The summed E-state index contributed by atoms with van der Waals surface area (Å²) in [6.07, 6.45) is 8.21. The Balaban J connectivity index is 1.58. The number of aromatic nitrogens is 2. The summed E-state index contributed by atoms with van der Waals surface area (Å²) in [5.41, 5.74) is 4.69. The van der Waals surface area contributed by atoms with Gasteiger partial charge in [0.2, 0.25) is 0 Å². The van der Waals surface area contributed by atoms with Crippen LogP contribution in [0.2, 0.25) is 0 Å². The fourth-order valence-electron chi connectivity index (χ4n) is 4.06. The second-order valence-electron chi connectivity index (χ2n) is 8.02. The van der Waals surface area contributed by atoms with Crippen LogP contribution in [0.15, 0.2) is 36.4 Å². The Labute approximate surface area is 185 Å². The smallest absolute Gasteiger partial charge is 0.317 e. The third-order valence-electron chi connectivity index (χ3n) is 5.40. The number of carboxylic acid groups (broad SMARTS) is 1. The van der Waals surface area contributed by atoms with E-state index in [1.54, 1.807) is 6.08 Å². The van der Waals surface area contributed by atoms with E-state index >= 15 is 0 Å². The second-order valence-corrected chi connectivity index (χ2v) is 9.00. The van der Waals surface area contributed by atoms with E-state index in [4.69, 9.17) is 15.3 Å². The van der Waals surface area contributed by atoms with Crippen molar-refractivity contribution in [3.8, 4) is 10.6 Å². The number of fused-ring (bicyclic) bond motifs is 1. The van der Waals surface area contributed by atoms with Crippen molar-refractivity contribution in [3.63, 3.8) is 0 Å². The Morgan fingerprint density at radius 2 is 2.16 bits per heavy atom. The molecule has 0 radical (unpaired) electrons. The van der Waals surface area contributed by atoms with E-state index in [2.05, 4.69) is 27.6 Å². The number of hydrogen-bond donors (Lipinski definition) is 3. The minimum atomic E-state index is -0.850. The van der Waals surface area contributed by atoms with Gasteiger partial charge in [-0.2, -0.15) is 0 Å². The molecule has 8 heteroatoms. The van der Waals surface area contributed by atoms with Crippen molar-refractivity contribution < 1.29 is 14.6 Å². The first-order valence-corrected chi connectivity index (χ1v) is 11.3. The average Bonchev–Trinajstić information content (AvgIpc) is 3.23. The largest absolute Gasteiger partial charge is 0.480 e. The summed E-state index contributed by atoms with van der Waals surface area (Å²) in [4.78, 5) is 11.0. The number of benzene rings is 1. The quantitative estimate of drug-likeness (QED) is 0.602. The van der Waals surface area contributed by atoms with Gasteiger partial charge < -0.3 is 20.6 Å². The van der Waals surface area contributed by atoms with Crippen molar-refractivity contribution in [3.05, 3.63) is 52.6 Å². The summed E-state index contributed by atoms with van der Waals surface area (Å²) < 4.78 is 5.74. The number of nitrogens with one attached hydrogen (secondary N) is 2. The van der Waals surface area contributed by atoms with Gasteiger partial charge in [0.25, 0.3) is 0 Å². The number of rotatable bonds is 7. The lowest BCUT2D eigenvalue weighted by Crippen LogP contribution is -2.30. The first-order valence-electron chi connectivity index (χ1n) is 10.5. The van der Waals surface area contributed by atoms with Crippen LogP contribution >= 0.6 is 11.3 Å². The molecule has 2 aliphatic carbocycles. The van der Waals surface area contributed by atoms with E-state index in [-0.39, 0.29) is 24.8 Å². The van der Waals surface area contributed by atoms with Crippen molar-refractivity contribution in [2.24, 2.45) is 0 Å². The van der Waals surface area contributed by atoms with Crippen LogP contribution in [0, 0.1) is 5.41 Å². The van der Waals surface area contributed by atoms with Crippen LogP contribution in [0.4, 0.5) is 0 Å². The van der Waals surface area contributed by atoms with Crippen LogP contribution in [0.3, 0.4) is 0 Å². The summed E-state index contributed by atoms with van der Waals surface area (Å²) in [6, 6.07) is 6.17. The topological polar surface area (TPSA) is 108 Å². The highest BCUT2D eigenvalue weighted by Gasteiger charge is 2.25. The van der Waals surface area contributed by atoms with Crippen LogP contribution in [0.25, 0.3) is 16.1 Å². The lowest BCUT2D eigenvalue weighted by molar-refractivity contribution is -0.136. The van der Waals surface area contributed by atoms with E-state index in [0.717, 1.165) is 46.0 Å². The van der Waals surface area contributed by atoms with Crippen molar-refractivity contribution in [1.82, 2.24) is 15.5 Å². The molecule has 0 saturated carbocycles. The zero-order valence-corrected chi connectivity index (χ0v) is 18.4. The fraction of sp³-hybridized carbons (Fsp3) is 0.391. The summed E-state index contributed by atoms with van der Waals surface area (Å²) in [5, 5.41) is 30.9. The van der Waals surface area contributed by atoms with Gasteiger partial charge in [-0.3, -0.25) is 4.79 Å². The van der Waals surface area contributed by atoms with Gasteiger partial charge in [-0.05, 0) is 56.4 Å². The molecule has 0 spiro atoms.